The zero-order chi connectivity index (χ0) is 15.2. The number of ether oxygens (including phenoxy) is 3. The summed E-state index contributed by atoms with van der Waals surface area (Å²) in [7, 11) is 3.21. The van der Waals surface area contributed by atoms with E-state index >= 15 is 0 Å². The van der Waals surface area contributed by atoms with E-state index in [1.165, 1.54) is 0 Å². The fourth-order valence-corrected chi connectivity index (χ4v) is 2.67. The Morgan fingerprint density at radius 2 is 2.19 bits per heavy atom. The Kier molecular flexibility index (Phi) is 5.85. The Hall–Kier alpha value is -1.30. The molecule has 1 aromatic carbocycles. The Labute approximate surface area is 126 Å². The second kappa shape index (κ2) is 7.64. The van der Waals surface area contributed by atoms with Gasteiger partial charge in [-0.1, -0.05) is 0 Å². The van der Waals surface area contributed by atoms with Gasteiger partial charge in [0.2, 0.25) is 0 Å². The first-order valence-electron chi connectivity index (χ1n) is 7.39. The van der Waals surface area contributed by atoms with Gasteiger partial charge in [0.15, 0.2) is 0 Å². The van der Waals surface area contributed by atoms with Crippen LogP contribution < -0.4 is 14.8 Å². The molecule has 118 valence electrons. The van der Waals surface area contributed by atoms with Gasteiger partial charge in [-0.05, 0) is 38.0 Å². The molecule has 0 amide bonds. The summed E-state index contributed by atoms with van der Waals surface area (Å²) in [6.45, 7) is 3.34. The van der Waals surface area contributed by atoms with E-state index in [0.717, 1.165) is 25.0 Å². The molecule has 0 radical (unpaired) electrons. The summed E-state index contributed by atoms with van der Waals surface area (Å²) in [4.78, 5) is 0. The largest absolute Gasteiger partial charge is 0.497 e. The van der Waals surface area contributed by atoms with E-state index < -0.39 is 6.10 Å². The summed E-state index contributed by atoms with van der Waals surface area (Å²) in [5, 5.41) is 13.8. The monoisotopic (exact) mass is 295 g/mol. The topological polar surface area (TPSA) is 60.0 Å². The van der Waals surface area contributed by atoms with Crippen LogP contribution in [0, 0.1) is 0 Å². The lowest BCUT2D eigenvalue weighted by Crippen LogP contribution is -2.39. The zero-order valence-electron chi connectivity index (χ0n) is 13.0. The number of hydrogen-bond acceptors (Lipinski definition) is 5. The molecule has 21 heavy (non-hydrogen) atoms. The molecule has 0 aromatic heterocycles. The second-order valence-corrected chi connectivity index (χ2v) is 5.43. The van der Waals surface area contributed by atoms with Gasteiger partial charge in [-0.2, -0.15) is 0 Å². The van der Waals surface area contributed by atoms with E-state index in [9.17, 15) is 5.11 Å². The Morgan fingerprint density at radius 1 is 1.38 bits per heavy atom. The van der Waals surface area contributed by atoms with Crippen molar-refractivity contribution in [2.24, 2.45) is 0 Å². The standard InChI is InChI=1S/C16H25NO4/c1-11-8-12(6-7-21-11)17-10-15(18)14-9-13(19-2)4-5-16(14)20-3/h4-5,9,11-12,15,17-18H,6-8,10H2,1-3H3. The van der Waals surface area contributed by atoms with Crippen LogP contribution in [0.3, 0.4) is 0 Å². The van der Waals surface area contributed by atoms with Crippen LogP contribution in [0.4, 0.5) is 0 Å². The van der Waals surface area contributed by atoms with Crippen molar-refractivity contribution in [3.05, 3.63) is 23.8 Å². The van der Waals surface area contributed by atoms with Crippen LogP contribution in [-0.2, 0) is 4.74 Å². The minimum absolute atomic E-state index is 0.278. The van der Waals surface area contributed by atoms with E-state index in [1.54, 1.807) is 14.2 Å². The molecule has 0 spiro atoms. The summed E-state index contributed by atoms with van der Waals surface area (Å²) in [6, 6.07) is 5.84. The van der Waals surface area contributed by atoms with Crippen LogP contribution in [0.5, 0.6) is 11.5 Å². The lowest BCUT2D eigenvalue weighted by atomic mass is 10.0. The van der Waals surface area contributed by atoms with Gasteiger partial charge in [0.1, 0.15) is 11.5 Å². The zero-order valence-corrected chi connectivity index (χ0v) is 13.0. The third-order valence-corrected chi connectivity index (χ3v) is 3.88. The summed E-state index contributed by atoms with van der Waals surface area (Å²) < 4.78 is 16.0. The lowest BCUT2D eigenvalue weighted by molar-refractivity contribution is 0.0109. The number of rotatable bonds is 6. The molecule has 1 fully saturated rings. The molecule has 2 rings (SSSR count). The van der Waals surface area contributed by atoms with Crippen molar-refractivity contribution < 1.29 is 19.3 Å². The Bertz CT molecular complexity index is 452. The van der Waals surface area contributed by atoms with Crippen LogP contribution in [0.25, 0.3) is 0 Å². The summed E-state index contributed by atoms with van der Waals surface area (Å²) >= 11 is 0. The fraction of sp³-hybridized carbons (Fsp3) is 0.625. The number of aliphatic hydroxyl groups is 1. The molecular formula is C16H25NO4. The van der Waals surface area contributed by atoms with Gasteiger partial charge < -0.3 is 24.6 Å². The predicted molar refractivity (Wildman–Crippen MR) is 80.9 cm³/mol. The highest BCUT2D eigenvalue weighted by molar-refractivity contribution is 5.41. The highest BCUT2D eigenvalue weighted by Gasteiger charge is 2.21. The summed E-state index contributed by atoms with van der Waals surface area (Å²) in [5.74, 6) is 1.38. The molecule has 5 nitrogen and oxygen atoms in total. The highest BCUT2D eigenvalue weighted by Crippen LogP contribution is 2.29. The summed E-state index contributed by atoms with van der Waals surface area (Å²) in [6.07, 6.45) is 1.60. The summed E-state index contributed by atoms with van der Waals surface area (Å²) in [5.41, 5.74) is 0.740. The maximum absolute atomic E-state index is 10.4. The maximum Gasteiger partial charge on any atom is 0.124 e. The lowest BCUT2D eigenvalue weighted by Gasteiger charge is -2.29. The molecule has 0 bridgehead atoms. The van der Waals surface area contributed by atoms with Crippen molar-refractivity contribution in [3.8, 4) is 11.5 Å². The molecule has 1 heterocycles. The maximum atomic E-state index is 10.4. The van der Waals surface area contributed by atoms with Gasteiger partial charge in [-0.25, -0.2) is 0 Å². The minimum Gasteiger partial charge on any atom is -0.497 e. The van der Waals surface area contributed by atoms with Gasteiger partial charge in [0.25, 0.3) is 0 Å². The molecular weight excluding hydrogens is 270 g/mol. The van der Waals surface area contributed by atoms with Crippen molar-refractivity contribution in [1.82, 2.24) is 5.32 Å². The number of hydrogen-bond donors (Lipinski definition) is 2. The van der Waals surface area contributed by atoms with Crippen LogP contribution in [-0.4, -0.2) is 44.6 Å². The van der Waals surface area contributed by atoms with Crippen molar-refractivity contribution in [2.45, 2.75) is 38.0 Å². The van der Waals surface area contributed by atoms with Crippen molar-refractivity contribution in [3.63, 3.8) is 0 Å². The van der Waals surface area contributed by atoms with Gasteiger partial charge in [0.05, 0.1) is 26.4 Å². The SMILES string of the molecule is COc1ccc(OC)c(C(O)CNC2CCOC(C)C2)c1. The Balaban J connectivity index is 1.97. The smallest absolute Gasteiger partial charge is 0.124 e. The molecule has 1 aliphatic rings. The molecule has 0 saturated carbocycles. The van der Waals surface area contributed by atoms with E-state index in [-0.39, 0.29) is 6.10 Å². The number of benzene rings is 1. The fourth-order valence-electron chi connectivity index (χ4n) is 2.67. The first-order valence-corrected chi connectivity index (χ1v) is 7.39. The van der Waals surface area contributed by atoms with E-state index in [0.29, 0.717) is 24.1 Å². The first kappa shape index (κ1) is 16.1. The molecule has 0 aliphatic carbocycles. The van der Waals surface area contributed by atoms with E-state index in [4.69, 9.17) is 14.2 Å². The van der Waals surface area contributed by atoms with Gasteiger partial charge in [-0.15, -0.1) is 0 Å². The van der Waals surface area contributed by atoms with Crippen molar-refractivity contribution in [1.29, 1.82) is 0 Å². The average molecular weight is 295 g/mol. The quantitative estimate of drug-likeness (QED) is 0.839. The van der Waals surface area contributed by atoms with Gasteiger partial charge in [-0.3, -0.25) is 0 Å². The number of aliphatic hydroxyl groups excluding tert-OH is 1. The third-order valence-electron chi connectivity index (χ3n) is 3.88. The second-order valence-electron chi connectivity index (χ2n) is 5.43. The molecule has 1 saturated heterocycles. The molecule has 5 heteroatoms. The van der Waals surface area contributed by atoms with Crippen molar-refractivity contribution in [2.75, 3.05) is 27.4 Å². The van der Waals surface area contributed by atoms with Gasteiger partial charge >= 0.3 is 0 Å². The van der Waals surface area contributed by atoms with E-state index in [1.807, 2.05) is 18.2 Å². The normalized spacial score (nSPS) is 23.6. The third kappa shape index (κ3) is 4.33. The van der Waals surface area contributed by atoms with Crippen molar-refractivity contribution >= 4 is 0 Å². The molecule has 1 aliphatic heterocycles. The van der Waals surface area contributed by atoms with Crippen LogP contribution >= 0.6 is 0 Å². The molecule has 1 aromatic rings. The van der Waals surface area contributed by atoms with Crippen LogP contribution in [0.1, 0.15) is 31.4 Å². The molecule has 3 atom stereocenters. The minimum atomic E-state index is -0.631. The number of methoxy groups -OCH3 is 2. The van der Waals surface area contributed by atoms with Crippen LogP contribution in [0.2, 0.25) is 0 Å². The Morgan fingerprint density at radius 3 is 2.86 bits per heavy atom. The molecule has 2 N–H and O–H groups in total. The van der Waals surface area contributed by atoms with E-state index in [2.05, 4.69) is 12.2 Å². The molecule has 3 unspecified atom stereocenters. The first-order chi connectivity index (χ1) is 10.1. The predicted octanol–water partition coefficient (Wildman–Crippen LogP) is 1.89. The number of nitrogens with one attached hydrogen (secondary N) is 1. The average Bonchev–Trinajstić information content (AvgIpc) is 2.52. The van der Waals surface area contributed by atoms with Crippen LogP contribution in [0.15, 0.2) is 18.2 Å². The highest BCUT2D eigenvalue weighted by atomic mass is 16.5. The van der Waals surface area contributed by atoms with Gasteiger partial charge in [0, 0.05) is 24.8 Å².